The number of nitrogens with one attached hydrogen (secondary N) is 1. The number of esters is 2. The van der Waals surface area contributed by atoms with Gasteiger partial charge in [-0.25, -0.2) is 0 Å². The number of amides is 3. The molecule has 1 saturated heterocycles. The normalized spacial score (nSPS) is 15.7. The molecule has 3 amide bonds. The fraction of sp³-hybridized carbons (Fsp3) is 0.424. The molecule has 3 aromatic rings. The molecule has 1 aliphatic rings. The van der Waals surface area contributed by atoms with Crippen molar-refractivity contribution in [3.8, 4) is 17.1 Å². The maximum absolute atomic E-state index is 14.2. The molecule has 50 heavy (non-hydrogen) atoms. The van der Waals surface area contributed by atoms with E-state index in [0.717, 1.165) is 7.11 Å². The van der Waals surface area contributed by atoms with Gasteiger partial charge >= 0.3 is 24.0 Å². The molecule has 14 nitrogen and oxygen atoms in total. The van der Waals surface area contributed by atoms with Crippen molar-refractivity contribution in [2.45, 2.75) is 57.5 Å². The van der Waals surface area contributed by atoms with Crippen LogP contribution in [0.25, 0.3) is 11.4 Å². The lowest BCUT2D eigenvalue weighted by Crippen LogP contribution is -2.63. The van der Waals surface area contributed by atoms with Crippen LogP contribution in [0, 0.1) is 0 Å². The van der Waals surface area contributed by atoms with E-state index in [2.05, 4.69) is 20.0 Å². The molecule has 1 aromatic heterocycles. The number of halogens is 3. The van der Waals surface area contributed by atoms with E-state index in [1.807, 2.05) is 0 Å². The Kier molecular flexibility index (Phi) is 11.5. The Balaban J connectivity index is 1.59. The molecule has 1 fully saturated rings. The van der Waals surface area contributed by atoms with E-state index >= 15 is 0 Å². The lowest BCUT2D eigenvalue weighted by Gasteiger charge is -2.41. The van der Waals surface area contributed by atoms with E-state index < -0.39 is 72.4 Å². The highest BCUT2D eigenvalue weighted by atomic mass is 19.4. The van der Waals surface area contributed by atoms with Crippen molar-refractivity contribution in [3.05, 3.63) is 65.5 Å². The molecule has 0 bridgehead atoms. The van der Waals surface area contributed by atoms with Gasteiger partial charge in [0.2, 0.25) is 17.6 Å². The molecule has 0 spiro atoms. The summed E-state index contributed by atoms with van der Waals surface area (Å²) in [5, 5.41) is 6.02. The van der Waals surface area contributed by atoms with Gasteiger partial charge in [-0.3, -0.25) is 24.0 Å². The van der Waals surface area contributed by atoms with Gasteiger partial charge in [-0.05, 0) is 50.6 Å². The number of alkyl halides is 3. The van der Waals surface area contributed by atoms with Crippen LogP contribution in [-0.2, 0) is 41.2 Å². The Morgan fingerprint density at radius 1 is 0.980 bits per heavy atom. The number of methoxy groups -OCH3 is 2. The minimum atomic E-state index is -4.83. The second kappa shape index (κ2) is 15.4. The van der Waals surface area contributed by atoms with E-state index in [4.69, 9.17) is 14.2 Å². The molecule has 0 aliphatic carbocycles. The first-order valence-corrected chi connectivity index (χ1v) is 15.3. The average molecular weight is 704 g/mol. The number of piperazine rings is 1. The van der Waals surface area contributed by atoms with Crippen LogP contribution in [0.3, 0.4) is 0 Å². The van der Waals surface area contributed by atoms with Gasteiger partial charge in [0.15, 0.2) is 0 Å². The van der Waals surface area contributed by atoms with Gasteiger partial charge in [-0.1, -0.05) is 29.4 Å². The van der Waals surface area contributed by atoms with Crippen LogP contribution in [0.15, 0.2) is 53.1 Å². The maximum atomic E-state index is 14.2. The number of benzene rings is 2. The van der Waals surface area contributed by atoms with Crippen LogP contribution >= 0.6 is 0 Å². The second-order valence-corrected chi connectivity index (χ2v) is 12.3. The summed E-state index contributed by atoms with van der Waals surface area (Å²) in [5.74, 6) is -4.84. The van der Waals surface area contributed by atoms with Crippen molar-refractivity contribution >= 4 is 29.7 Å². The number of nitrogens with zero attached hydrogens (tertiary/aromatic N) is 4. The molecular weight excluding hydrogens is 667 g/mol. The van der Waals surface area contributed by atoms with Crippen LogP contribution in [0.5, 0.6) is 5.75 Å². The molecule has 17 heteroatoms. The third-order valence-electron chi connectivity index (χ3n) is 7.47. The summed E-state index contributed by atoms with van der Waals surface area (Å²) >= 11 is 0. The second-order valence-electron chi connectivity index (χ2n) is 12.3. The molecule has 4 rings (SSSR count). The fourth-order valence-electron chi connectivity index (χ4n) is 5.09. The Morgan fingerprint density at radius 3 is 2.20 bits per heavy atom. The quantitative estimate of drug-likeness (QED) is 0.291. The average Bonchev–Trinajstić information content (AvgIpc) is 3.57. The van der Waals surface area contributed by atoms with E-state index in [0.29, 0.717) is 11.3 Å². The van der Waals surface area contributed by atoms with E-state index in [9.17, 15) is 37.1 Å². The van der Waals surface area contributed by atoms with Crippen LogP contribution in [0.4, 0.5) is 13.2 Å². The molecule has 2 aromatic carbocycles. The minimum Gasteiger partial charge on any atom is -0.497 e. The number of carbonyl (C=O) groups is 5. The predicted octanol–water partition coefficient (Wildman–Crippen LogP) is 3.05. The zero-order valence-corrected chi connectivity index (χ0v) is 27.9. The van der Waals surface area contributed by atoms with Gasteiger partial charge in [0.05, 0.1) is 20.6 Å². The largest absolute Gasteiger partial charge is 0.497 e. The summed E-state index contributed by atoms with van der Waals surface area (Å²) in [6.45, 7) is 4.49. The highest BCUT2D eigenvalue weighted by molar-refractivity contribution is 5.99. The fourth-order valence-corrected chi connectivity index (χ4v) is 5.09. The minimum absolute atomic E-state index is 0.0347. The van der Waals surface area contributed by atoms with Gasteiger partial charge in [0.1, 0.15) is 30.0 Å². The Labute approximate surface area is 284 Å². The molecule has 2 heterocycles. The first-order chi connectivity index (χ1) is 23.5. The standard InChI is InChI=1S/C33H36F3N5O9/c1-32(2,3)49-26(43)18-40-14-15-41(24(30(40)46)17-25(42)48-5)29(45)23(16-19-6-12-22(47-4)13-7-19)37-28(44)21-10-8-20(9-11-21)27-38-31(50-39-27)33(34,35)36/h6-13,23-24H,14-18H2,1-5H3,(H,37,44)/t23-,24-/m0/s1. The molecule has 0 saturated carbocycles. The number of aromatic nitrogens is 2. The molecule has 268 valence electrons. The molecule has 2 atom stereocenters. The molecule has 1 aliphatic heterocycles. The SMILES string of the molecule is COC(=O)C[C@H]1C(=O)N(CC(=O)OC(C)(C)C)CCN1C(=O)[C@H](Cc1ccc(OC)cc1)NC(=O)c1ccc(-c2noc(C(F)(F)F)n2)cc1. The van der Waals surface area contributed by atoms with Crippen LogP contribution in [-0.4, -0.2) is 101 Å². The van der Waals surface area contributed by atoms with Gasteiger partial charge in [0, 0.05) is 30.6 Å². The zero-order valence-electron chi connectivity index (χ0n) is 27.9. The molecule has 1 N–H and O–H groups in total. The van der Waals surface area contributed by atoms with Gasteiger partial charge < -0.3 is 33.9 Å². The van der Waals surface area contributed by atoms with Crippen LogP contribution < -0.4 is 10.1 Å². The summed E-state index contributed by atoms with van der Waals surface area (Å²) in [4.78, 5) is 72.0. The van der Waals surface area contributed by atoms with Crippen molar-refractivity contribution < 1.29 is 55.9 Å². The summed E-state index contributed by atoms with van der Waals surface area (Å²) in [6.07, 6.45) is -5.38. The van der Waals surface area contributed by atoms with Crippen molar-refractivity contribution in [1.82, 2.24) is 25.3 Å². The zero-order chi connectivity index (χ0) is 36.8. The van der Waals surface area contributed by atoms with Crippen molar-refractivity contribution in [2.75, 3.05) is 33.9 Å². The number of hydrogen-bond donors (Lipinski definition) is 1. The Morgan fingerprint density at radius 2 is 1.64 bits per heavy atom. The van der Waals surface area contributed by atoms with Gasteiger partial charge in [-0.2, -0.15) is 18.2 Å². The summed E-state index contributed by atoms with van der Waals surface area (Å²) in [5.41, 5.74) is 0.00210. The van der Waals surface area contributed by atoms with Gasteiger partial charge in [-0.15, -0.1) is 0 Å². The van der Waals surface area contributed by atoms with Crippen LogP contribution in [0.2, 0.25) is 0 Å². The first-order valence-electron chi connectivity index (χ1n) is 15.3. The van der Waals surface area contributed by atoms with E-state index in [-0.39, 0.29) is 36.5 Å². The Hall–Kier alpha value is -5.48. The number of carbonyl (C=O) groups excluding carboxylic acids is 5. The third kappa shape index (κ3) is 9.57. The van der Waals surface area contributed by atoms with E-state index in [1.54, 1.807) is 45.0 Å². The number of rotatable bonds is 11. The molecular formula is C33H36F3N5O9. The summed E-state index contributed by atoms with van der Waals surface area (Å²) in [6, 6.07) is 9.35. The first kappa shape index (κ1) is 37.3. The highest BCUT2D eigenvalue weighted by Crippen LogP contribution is 2.29. The topological polar surface area (TPSA) is 170 Å². The van der Waals surface area contributed by atoms with Crippen LogP contribution in [0.1, 0.15) is 49.0 Å². The predicted molar refractivity (Wildman–Crippen MR) is 167 cm³/mol. The summed E-state index contributed by atoms with van der Waals surface area (Å²) < 4.78 is 58.3. The molecule has 0 radical (unpaired) electrons. The lowest BCUT2D eigenvalue weighted by atomic mass is 10.0. The summed E-state index contributed by atoms with van der Waals surface area (Å²) in [7, 11) is 2.62. The van der Waals surface area contributed by atoms with Gasteiger partial charge in [0.25, 0.3) is 5.91 Å². The maximum Gasteiger partial charge on any atom is 0.471 e. The monoisotopic (exact) mass is 703 g/mol. The number of ether oxygens (including phenoxy) is 3. The van der Waals surface area contributed by atoms with Crippen molar-refractivity contribution in [2.24, 2.45) is 0 Å². The smallest absolute Gasteiger partial charge is 0.471 e. The Bertz CT molecular complexity index is 1700. The third-order valence-corrected chi connectivity index (χ3v) is 7.47. The van der Waals surface area contributed by atoms with Crippen molar-refractivity contribution in [3.63, 3.8) is 0 Å². The number of hydrogen-bond acceptors (Lipinski definition) is 11. The highest BCUT2D eigenvalue weighted by Gasteiger charge is 2.42. The molecule has 0 unspecified atom stereocenters. The van der Waals surface area contributed by atoms with Crippen molar-refractivity contribution in [1.29, 1.82) is 0 Å². The lowest BCUT2D eigenvalue weighted by molar-refractivity contribution is -0.164. The van der Waals surface area contributed by atoms with E-state index in [1.165, 1.54) is 41.2 Å².